The van der Waals surface area contributed by atoms with Crippen LogP contribution in [0.1, 0.15) is 40.5 Å². The summed E-state index contributed by atoms with van der Waals surface area (Å²) in [6.45, 7) is 8.56. The van der Waals surface area contributed by atoms with Gasteiger partial charge in [0.15, 0.2) is 0 Å². The Bertz CT molecular complexity index is 542. The zero-order chi connectivity index (χ0) is 16.0. The van der Waals surface area contributed by atoms with E-state index in [1.165, 1.54) is 18.3 Å². The number of rotatable bonds is 8. The third-order valence-electron chi connectivity index (χ3n) is 3.38. The van der Waals surface area contributed by atoms with Gasteiger partial charge in [-0.1, -0.05) is 27.7 Å². The topological polar surface area (TPSA) is 88.3 Å². The van der Waals surface area contributed by atoms with Crippen molar-refractivity contribution in [1.29, 1.82) is 0 Å². The van der Waals surface area contributed by atoms with Gasteiger partial charge in [-0.25, -0.2) is 19.2 Å². The Morgan fingerprint density at radius 3 is 2.43 bits per heavy atom. The van der Waals surface area contributed by atoms with Gasteiger partial charge in [0, 0.05) is 24.8 Å². The molecule has 120 valence electrons. The summed E-state index contributed by atoms with van der Waals surface area (Å²) in [5, 5.41) is 0. The minimum atomic E-state index is -3.55. The lowest BCUT2D eigenvalue weighted by Crippen LogP contribution is -2.42. The second-order valence-electron chi connectivity index (χ2n) is 5.46. The van der Waals surface area contributed by atoms with Gasteiger partial charge in [0.1, 0.15) is 5.82 Å². The van der Waals surface area contributed by atoms with Gasteiger partial charge < -0.3 is 5.43 Å². The first kappa shape index (κ1) is 17.9. The highest BCUT2D eigenvalue weighted by molar-refractivity contribution is 7.89. The summed E-state index contributed by atoms with van der Waals surface area (Å²) in [4.78, 5) is 4.18. The summed E-state index contributed by atoms with van der Waals surface area (Å²) in [7, 11) is -3.55. The Balaban J connectivity index is 3.25. The first-order chi connectivity index (χ1) is 9.86. The third kappa shape index (κ3) is 4.39. The van der Waals surface area contributed by atoms with E-state index in [-0.39, 0.29) is 16.9 Å². The number of pyridine rings is 1. The molecule has 0 aliphatic carbocycles. The summed E-state index contributed by atoms with van der Waals surface area (Å²) in [6, 6.07) is 2.97. The van der Waals surface area contributed by atoms with Gasteiger partial charge >= 0.3 is 0 Å². The minimum Gasteiger partial charge on any atom is -0.308 e. The molecule has 0 amide bonds. The zero-order valence-electron chi connectivity index (χ0n) is 13.2. The number of hydrogen-bond donors (Lipinski definition) is 2. The molecular formula is C14H26N4O2S. The maximum absolute atomic E-state index is 12.9. The van der Waals surface area contributed by atoms with Crippen LogP contribution in [-0.4, -0.2) is 30.3 Å². The number of nitrogens with two attached hydrogens (primary N) is 1. The highest BCUT2D eigenvalue weighted by Gasteiger charge is 2.30. The molecule has 0 spiro atoms. The lowest BCUT2D eigenvalue weighted by molar-refractivity contribution is 0.277. The van der Waals surface area contributed by atoms with E-state index < -0.39 is 10.0 Å². The Hall–Kier alpha value is -1.18. The summed E-state index contributed by atoms with van der Waals surface area (Å²) in [5.74, 6) is 5.91. The zero-order valence-corrected chi connectivity index (χ0v) is 14.0. The summed E-state index contributed by atoms with van der Waals surface area (Å²) < 4.78 is 27.5. The molecule has 7 heteroatoms. The van der Waals surface area contributed by atoms with E-state index >= 15 is 0 Å². The predicted molar refractivity (Wildman–Crippen MR) is 85.1 cm³/mol. The molecule has 0 bridgehead atoms. The van der Waals surface area contributed by atoms with Crippen LogP contribution < -0.4 is 11.3 Å². The molecule has 0 saturated carbocycles. The first-order valence-corrected chi connectivity index (χ1v) is 8.75. The third-order valence-corrected chi connectivity index (χ3v) is 5.30. The molecule has 1 aromatic heterocycles. The average molecular weight is 314 g/mol. The van der Waals surface area contributed by atoms with E-state index in [0.717, 1.165) is 12.8 Å². The van der Waals surface area contributed by atoms with Gasteiger partial charge in [0.05, 0.1) is 4.90 Å². The van der Waals surface area contributed by atoms with Gasteiger partial charge in [-0.2, -0.15) is 4.31 Å². The molecule has 0 radical (unpaired) electrons. The summed E-state index contributed by atoms with van der Waals surface area (Å²) in [5.41, 5.74) is 2.38. The average Bonchev–Trinajstić information content (AvgIpc) is 2.47. The molecule has 0 saturated heterocycles. The van der Waals surface area contributed by atoms with Gasteiger partial charge in [0.25, 0.3) is 0 Å². The molecule has 0 atom stereocenters. The van der Waals surface area contributed by atoms with Gasteiger partial charge in [-0.3, -0.25) is 0 Å². The predicted octanol–water partition coefficient (Wildman–Crippen LogP) is 2.20. The Morgan fingerprint density at radius 1 is 1.33 bits per heavy atom. The van der Waals surface area contributed by atoms with Crippen LogP contribution in [0.4, 0.5) is 5.82 Å². The molecule has 1 heterocycles. The smallest absolute Gasteiger partial charge is 0.243 e. The fraction of sp³-hybridized carbons (Fsp3) is 0.643. The van der Waals surface area contributed by atoms with Crippen LogP contribution in [0.2, 0.25) is 0 Å². The second kappa shape index (κ2) is 7.72. The summed E-state index contributed by atoms with van der Waals surface area (Å²) in [6.07, 6.45) is 3.02. The van der Waals surface area contributed by atoms with Gasteiger partial charge in [-0.05, 0) is 24.8 Å². The van der Waals surface area contributed by atoms with Crippen LogP contribution in [0.5, 0.6) is 0 Å². The molecule has 0 aliphatic rings. The molecule has 6 nitrogen and oxygen atoms in total. The molecule has 1 rings (SSSR count). The van der Waals surface area contributed by atoms with Crippen LogP contribution in [0.3, 0.4) is 0 Å². The van der Waals surface area contributed by atoms with E-state index in [4.69, 9.17) is 5.84 Å². The van der Waals surface area contributed by atoms with Crippen molar-refractivity contribution in [2.75, 3.05) is 12.0 Å². The highest BCUT2D eigenvalue weighted by Crippen LogP contribution is 2.23. The molecule has 1 aromatic rings. The molecular weight excluding hydrogens is 288 g/mol. The molecule has 0 aliphatic heterocycles. The Labute approximate surface area is 127 Å². The first-order valence-electron chi connectivity index (χ1n) is 7.31. The van der Waals surface area contributed by atoms with Gasteiger partial charge in [0.2, 0.25) is 10.0 Å². The van der Waals surface area contributed by atoms with Crippen molar-refractivity contribution >= 4 is 15.8 Å². The number of nitrogens with zero attached hydrogens (tertiary/aromatic N) is 2. The minimum absolute atomic E-state index is 0.000138. The number of hydrogen-bond acceptors (Lipinski definition) is 5. The highest BCUT2D eigenvalue weighted by atomic mass is 32.2. The van der Waals surface area contributed by atoms with Crippen molar-refractivity contribution in [3.05, 3.63) is 18.3 Å². The van der Waals surface area contributed by atoms with Crippen molar-refractivity contribution in [1.82, 2.24) is 9.29 Å². The van der Waals surface area contributed by atoms with Crippen molar-refractivity contribution < 1.29 is 8.42 Å². The van der Waals surface area contributed by atoms with Crippen molar-refractivity contribution in [3.8, 4) is 0 Å². The summed E-state index contributed by atoms with van der Waals surface area (Å²) >= 11 is 0. The van der Waals surface area contributed by atoms with Crippen molar-refractivity contribution in [2.24, 2.45) is 11.8 Å². The van der Waals surface area contributed by atoms with Crippen LogP contribution in [0.25, 0.3) is 0 Å². The normalized spacial score (nSPS) is 12.4. The number of sulfonamides is 1. The van der Waals surface area contributed by atoms with E-state index in [9.17, 15) is 8.42 Å². The number of anilines is 1. The number of nitrogens with one attached hydrogen (secondary N) is 1. The maximum Gasteiger partial charge on any atom is 0.243 e. The van der Waals surface area contributed by atoms with Crippen molar-refractivity contribution in [3.63, 3.8) is 0 Å². The Kier molecular flexibility index (Phi) is 6.57. The van der Waals surface area contributed by atoms with E-state index in [0.29, 0.717) is 12.4 Å². The van der Waals surface area contributed by atoms with E-state index in [2.05, 4.69) is 10.4 Å². The maximum atomic E-state index is 12.9. The molecule has 21 heavy (non-hydrogen) atoms. The van der Waals surface area contributed by atoms with Crippen molar-refractivity contribution in [2.45, 2.75) is 51.5 Å². The lowest BCUT2D eigenvalue weighted by atomic mass is 10.1. The van der Waals surface area contributed by atoms with E-state index in [1.54, 1.807) is 4.31 Å². The Morgan fingerprint density at radius 2 is 1.95 bits per heavy atom. The number of nitrogen functional groups attached to an aromatic ring is 1. The van der Waals surface area contributed by atoms with E-state index in [1.807, 2.05) is 27.7 Å². The lowest BCUT2D eigenvalue weighted by Gasteiger charge is -2.31. The molecule has 3 N–H and O–H groups in total. The standard InChI is InChI=1S/C14H26N4O2S/c1-5-12(6-2)18(10-11(3)4)21(19,20)13-7-8-16-14(9-13)17-15/h7-9,11-12H,5-6,10,15H2,1-4H3,(H,16,17). The fourth-order valence-corrected chi connectivity index (χ4v) is 4.23. The molecule has 0 aromatic carbocycles. The number of aromatic nitrogens is 1. The monoisotopic (exact) mass is 314 g/mol. The van der Waals surface area contributed by atoms with Crippen LogP contribution in [0, 0.1) is 5.92 Å². The largest absolute Gasteiger partial charge is 0.308 e. The van der Waals surface area contributed by atoms with Gasteiger partial charge in [-0.15, -0.1) is 0 Å². The fourth-order valence-electron chi connectivity index (χ4n) is 2.29. The second-order valence-corrected chi connectivity index (χ2v) is 7.35. The quantitative estimate of drug-likeness (QED) is 0.567. The number of hydrazine groups is 1. The van der Waals surface area contributed by atoms with Crippen LogP contribution in [-0.2, 0) is 10.0 Å². The SMILES string of the molecule is CCC(CC)N(CC(C)C)S(=O)(=O)c1ccnc(NN)c1. The molecule has 0 unspecified atom stereocenters. The van der Waals surface area contributed by atoms with Crippen LogP contribution in [0.15, 0.2) is 23.2 Å². The molecule has 0 fully saturated rings. The van der Waals surface area contributed by atoms with Crippen LogP contribution >= 0.6 is 0 Å².